The second-order valence-electron chi connectivity index (χ2n) is 8.53. The smallest absolute Gasteiger partial charge is 0.416 e. The van der Waals surface area contributed by atoms with E-state index in [4.69, 9.17) is 0 Å². The minimum absolute atomic E-state index is 0.0106. The zero-order valence-electron chi connectivity index (χ0n) is 18.8. The number of aryl methyl sites for hydroxylation is 2. The summed E-state index contributed by atoms with van der Waals surface area (Å²) in [7, 11) is 0. The number of hydrogen-bond donors (Lipinski definition) is 3. The summed E-state index contributed by atoms with van der Waals surface area (Å²) < 4.78 is 39.1. The molecule has 1 aromatic carbocycles. The molecule has 0 fully saturated rings. The summed E-state index contributed by atoms with van der Waals surface area (Å²) in [6, 6.07) is 9.98. The Labute approximate surface area is 207 Å². The lowest BCUT2D eigenvalue weighted by atomic mass is 9.96. The van der Waals surface area contributed by atoms with E-state index in [-0.39, 0.29) is 11.4 Å². The molecule has 0 bridgehead atoms. The number of halogens is 3. The van der Waals surface area contributed by atoms with Crippen molar-refractivity contribution in [1.29, 1.82) is 0 Å². The lowest BCUT2D eigenvalue weighted by Gasteiger charge is -2.21. The molecule has 1 aliphatic rings. The molecule has 7 nitrogen and oxygen atoms in total. The fourth-order valence-corrected chi connectivity index (χ4v) is 5.27. The van der Waals surface area contributed by atoms with Gasteiger partial charge in [0.1, 0.15) is 22.2 Å². The number of anilines is 2. The van der Waals surface area contributed by atoms with Crippen molar-refractivity contribution < 1.29 is 28.2 Å². The van der Waals surface area contributed by atoms with Crippen LogP contribution in [-0.2, 0) is 18.2 Å². The van der Waals surface area contributed by atoms with Gasteiger partial charge in [-0.3, -0.25) is 0 Å². The van der Waals surface area contributed by atoms with Crippen molar-refractivity contribution in [2.75, 3.05) is 5.32 Å². The molecule has 0 unspecified atom stereocenters. The number of hydrogen-bond acceptors (Lipinski definition) is 7. The number of aromatic carboxylic acids is 1. The summed E-state index contributed by atoms with van der Waals surface area (Å²) >= 11 is 1.25. The van der Waals surface area contributed by atoms with Crippen molar-refractivity contribution in [3.05, 3.63) is 87.7 Å². The second kappa shape index (κ2) is 8.68. The van der Waals surface area contributed by atoms with Gasteiger partial charge < -0.3 is 15.5 Å². The molecule has 0 amide bonds. The van der Waals surface area contributed by atoms with Crippen molar-refractivity contribution in [2.24, 2.45) is 0 Å². The van der Waals surface area contributed by atoms with Crippen molar-refractivity contribution in [3.63, 3.8) is 0 Å². The van der Waals surface area contributed by atoms with E-state index >= 15 is 0 Å². The SMILES string of the molecule is Cc1cc(Nc2cc(C(F)(F)F)ccn2)nc(-c2cnc([C@@]3(O)CCc4cc(C(=O)O)ccc43)s2)c1. The number of fused-ring (bicyclic) bond motifs is 1. The first-order chi connectivity index (χ1) is 17.0. The van der Waals surface area contributed by atoms with Crippen LogP contribution in [0.2, 0.25) is 0 Å². The molecule has 11 heteroatoms. The van der Waals surface area contributed by atoms with Crippen LogP contribution >= 0.6 is 11.3 Å². The van der Waals surface area contributed by atoms with Gasteiger partial charge in [-0.1, -0.05) is 6.07 Å². The van der Waals surface area contributed by atoms with Crippen LogP contribution in [0.1, 0.15) is 44.0 Å². The lowest BCUT2D eigenvalue weighted by Crippen LogP contribution is -2.23. The molecule has 36 heavy (non-hydrogen) atoms. The number of aliphatic hydroxyl groups is 1. The zero-order valence-corrected chi connectivity index (χ0v) is 19.6. The Bertz CT molecular complexity index is 1490. The maximum absolute atomic E-state index is 13.0. The highest BCUT2D eigenvalue weighted by atomic mass is 32.1. The number of pyridine rings is 2. The summed E-state index contributed by atoms with van der Waals surface area (Å²) in [5.41, 5.74) is 0.748. The van der Waals surface area contributed by atoms with Gasteiger partial charge in [-0.2, -0.15) is 13.2 Å². The zero-order chi connectivity index (χ0) is 25.7. The van der Waals surface area contributed by atoms with E-state index in [9.17, 15) is 28.2 Å². The highest BCUT2D eigenvalue weighted by molar-refractivity contribution is 7.15. The third-order valence-corrected chi connectivity index (χ3v) is 7.15. The Hall–Kier alpha value is -3.83. The molecule has 0 saturated heterocycles. The van der Waals surface area contributed by atoms with E-state index in [1.807, 2.05) is 13.0 Å². The van der Waals surface area contributed by atoms with Gasteiger partial charge in [0.25, 0.3) is 0 Å². The van der Waals surface area contributed by atoms with Crippen molar-refractivity contribution in [1.82, 2.24) is 15.0 Å². The topological polar surface area (TPSA) is 108 Å². The third-order valence-electron chi connectivity index (χ3n) is 5.98. The molecule has 3 N–H and O–H groups in total. The van der Waals surface area contributed by atoms with Crippen LogP contribution < -0.4 is 5.32 Å². The van der Waals surface area contributed by atoms with Gasteiger partial charge in [-0.25, -0.2) is 19.7 Å². The fraction of sp³-hybridized carbons (Fsp3) is 0.200. The van der Waals surface area contributed by atoms with Crippen LogP contribution in [0.15, 0.2) is 54.9 Å². The van der Waals surface area contributed by atoms with E-state index in [1.165, 1.54) is 17.4 Å². The largest absolute Gasteiger partial charge is 0.478 e. The van der Waals surface area contributed by atoms with Crippen LogP contribution in [0, 0.1) is 6.92 Å². The van der Waals surface area contributed by atoms with Crippen LogP contribution in [0.4, 0.5) is 24.8 Å². The highest BCUT2D eigenvalue weighted by Gasteiger charge is 2.41. The van der Waals surface area contributed by atoms with E-state index in [0.29, 0.717) is 39.8 Å². The minimum Gasteiger partial charge on any atom is -0.478 e. The van der Waals surface area contributed by atoms with E-state index in [2.05, 4.69) is 20.3 Å². The van der Waals surface area contributed by atoms with Crippen LogP contribution in [0.5, 0.6) is 0 Å². The van der Waals surface area contributed by atoms with E-state index in [1.54, 1.807) is 24.4 Å². The number of carboxylic acid groups (broad SMARTS) is 1. The first kappa shape index (κ1) is 23.9. The summed E-state index contributed by atoms with van der Waals surface area (Å²) in [4.78, 5) is 24.9. The normalized spacial score (nSPS) is 17.1. The van der Waals surface area contributed by atoms with E-state index < -0.39 is 23.3 Å². The molecule has 0 saturated carbocycles. The van der Waals surface area contributed by atoms with E-state index in [0.717, 1.165) is 29.5 Å². The number of carbonyl (C=O) groups is 1. The molecule has 184 valence electrons. The molecule has 4 aromatic rings. The standard InChI is InChI=1S/C25H19F3N4O3S/c1-13-8-18(31-21(9-13)32-20-11-16(5-7-29-20)25(26,27)28)19-12-30-23(36-19)24(35)6-4-14-10-15(22(33)34)2-3-17(14)24/h2-3,5,7-12,35H,4,6H2,1H3,(H,33,34)(H,29,31,32)/t24-/m1/s1. The molecule has 3 heterocycles. The fourth-order valence-electron chi connectivity index (χ4n) is 4.26. The van der Waals surface area contributed by atoms with Crippen molar-refractivity contribution in [2.45, 2.75) is 31.5 Å². The molecule has 0 aliphatic heterocycles. The van der Waals surface area contributed by atoms with Gasteiger partial charge in [0.15, 0.2) is 0 Å². The molecule has 1 aliphatic carbocycles. The number of aromatic nitrogens is 3. The van der Waals surface area contributed by atoms with Crippen molar-refractivity contribution >= 4 is 28.9 Å². The summed E-state index contributed by atoms with van der Waals surface area (Å²) in [6.45, 7) is 1.83. The highest BCUT2D eigenvalue weighted by Crippen LogP contribution is 2.45. The molecule has 3 aromatic heterocycles. The predicted octanol–water partition coefficient (Wildman–Crippen LogP) is 5.55. The number of thiazole rings is 1. The van der Waals surface area contributed by atoms with Gasteiger partial charge in [-0.05, 0) is 72.9 Å². The number of rotatable bonds is 5. The average Bonchev–Trinajstić information content (AvgIpc) is 3.44. The average molecular weight is 513 g/mol. The van der Waals surface area contributed by atoms with Crippen molar-refractivity contribution in [3.8, 4) is 10.6 Å². The summed E-state index contributed by atoms with van der Waals surface area (Å²) in [5.74, 6) is -0.700. The number of nitrogens with zero attached hydrogens (tertiary/aromatic N) is 3. The van der Waals surface area contributed by atoms with Crippen LogP contribution in [0.25, 0.3) is 10.6 Å². The molecule has 0 spiro atoms. The number of alkyl halides is 3. The monoisotopic (exact) mass is 512 g/mol. The Morgan fingerprint density at radius 2 is 1.92 bits per heavy atom. The minimum atomic E-state index is -4.49. The third kappa shape index (κ3) is 4.42. The molecular weight excluding hydrogens is 493 g/mol. The van der Waals surface area contributed by atoms with Gasteiger partial charge >= 0.3 is 12.1 Å². The maximum Gasteiger partial charge on any atom is 0.416 e. The summed E-state index contributed by atoms with van der Waals surface area (Å²) in [5, 5.41) is 24.0. The van der Waals surface area contributed by atoms with Crippen LogP contribution in [0.3, 0.4) is 0 Å². The van der Waals surface area contributed by atoms with Gasteiger partial charge in [0, 0.05) is 12.4 Å². The Kier molecular flexibility index (Phi) is 5.76. The van der Waals surface area contributed by atoms with Gasteiger partial charge in [0.05, 0.1) is 21.7 Å². The predicted molar refractivity (Wildman–Crippen MR) is 127 cm³/mol. The molecule has 5 rings (SSSR count). The van der Waals surface area contributed by atoms with Gasteiger partial charge in [-0.15, -0.1) is 11.3 Å². The number of benzene rings is 1. The Morgan fingerprint density at radius 3 is 2.67 bits per heavy atom. The first-order valence-corrected chi connectivity index (χ1v) is 11.7. The Morgan fingerprint density at radius 1 is 1.11 bits per heavy atom. The Balaban J connectivity index is 1.44. The molecule has 0 radical (unpaired) electrons. The van der Waals surface area contributed by atoms with Crippen LogP contribution in [-0.4, -0.2) is 31.1 Å². The maximum atomic E-state index is 13.0. The molecular formula is C25H19F3N4O3S. The van der Waals surface area contributed by atoms with Gasteiger partial charge in [0.2, 0.25) is 0 Å². The lowest BCUT2D eigenvalue weighted by molar-refractivity contribution is -0.137. The first-order valence-electron chi connectivity index (χ1n) is 10.9. The quantitative estimate of drug-likeness (QED) is 0.322. The molecule has 1 atom stereocenters. The number of nitrogens with one attached hydrogen (secondary N) is 1. The summed E-state index contributed by atoms with van der Waals surface area (Å²) in [6.07, 6.45) is -0.930. The second-order valence-corrected chi connectivity index (χ2v) is 9.57. The number of carboxylic acids is 1.